The number of rotatable bonds is 7. The Kier molecular flexibility index (Phi) is 4.49. The summed E-state index contributed by atoms with van der Waals surface area (Å²) in [6.45, 7) is 1.39. The Morgan fingerprint density at radius 2 is 1.86 bits per heavy atom. The molecule has 0 radical (unpaired) electrons. The summed E-state index contributed by atoms with van der Waals surface area (Å²) in [5.41, 5.74) is -0.750. The highest BCUT2D eigenvalue weighted by molar-refractivity contribution is 7.92. The Hall–Kier alpha value is -1.60. The van der Waals surface area contributed by atoms with E-state index in [0.29, 0.717) is 11.3 Å². The minimum atomic E-state index is -3.50. The molecule has 1 saturated carbocycles. The first-order valence-electron chi connectivity index (χ1n) is 6.93. The van der Waals surface area contributed by atoms with Gasteiger partial charge in [0.1, 0.15) is 11.2 Å². The summed E-state index contributed by atoms with van der Waals surface area (Å²) in [6.07, 6.45) is 0. The van der Waals surface area contributed by atoms with Gasteiger partial charge in [-0.3, -0.25) is 4.79 Å². The quantitative estimate of drug-likeness (QED) is 0.812. The minimum absolute atomic E-state index is 0.0942. The van der Waals surface area contributed by atoms with E-state index in [0.717, 1.165) is 0 Å². The lowest BCUT2D eigenvalue weighted by Gasteiger charge is -2.11. The second-order valence-corrected chi connectivity index (χ2v) is 7.81. The van der Waals surface area contributed by atoms with Gasteiger partial charge in [0.2, 0.25) is 0 Å². The highest BCUT2D eigenvalue weighted by atomic mass is 32.2. The van der Waals surface area contributed by atoms with E-state index in [1.54, 1.807) is 24.3 Å². The number of hydrogen-bond donors (Lipinski definition) is 1. The summed E-state index contributed by atoms with van der Waals surface area (Å²) in [7, 11) is -0.596. The van der Waals surface area contributed by atoms with Gasteiger partial charge in [0.05, 0.1) is 19.0 Å². The van der Waals surface area contributed by atoms with Gasteiger partial charge in [-0.2, -0.15) is 0 Å². The van der Waals surface area contributed by atoms with Crippen molar-refractivity contribution >= 4 is 15.8 Å². The Balaban J connectivity index is 2.48. The summed E-state index contributed by atoms with van der Waals surface area (Å²) in [5.74, 6) is -1.21. The molecular weight excluding hydrogens is 308 g/mol. The second kappa shape index (κ2) is 5.89. The van der Waals surface area contributed by atoms with Crippen LogP contribution in [0.1, 0.15) is 18.4 Å². The number of benzene rings is 1. The highest BCUT2D eigenvalue weighted by Gasteiger charge is 2.75. The van der Waals surface area contributed by atoms with Crippen molar-refractivity contribution in [2.24, 2.45) is 5.41 Å². The van der Waals surface area contributed by atoms with Crippen molar-refractivity contribution in [2.45, 2.75) is 18.1 Å². The molecule has 1 N–H and O–H groups in total. The number of sulfone groups is 1. The van der Waals surface area contributed by atoms with Gasteiger partial charge in [0.15, 0.2) is 9.84 Å². The van der Waals surface area contributed by atoms with Crippen LogP contribution in [0.3, 0.4) is 0 Å². The lowest BCUT2D eigenvalue weighted by molar-refractivity contribution is -0.145. The molecule has 0 bridgehead atoms. The molecule has 0 aliphatic heterocycles. The SMILES string of the molecule is CCS(=O)(=O)[C@@H]1[C@H](c2ccc(OC)cc2)[C@]1(COC)C(=O)O. The second-order valence-electron chi connectivity index (χ2n) is 5.40. The molecule has 1 aliphatic carbocycles. The summed E-state index contributed by atoms with van der Waals surface area (Å²) in [4.78, 5) is 11.8. The lowest BCUT2D eigenvalue weighted by atomic mass is 10.00. The Morgan fingerprint density at radius 1 is 1.27 bits per heavy atom. The molecule has 1 fully saturated rings. The predicted molar refractivity (Wildman–Crippen MR) is 80.9 cm³/mol. The van der Waals surface area contributed by atoms with E-state index in [4.69, 9.17) is 9.47 Å². The molecule has 0 spiro atoms. The van der Waals surface area contributed by atoms with Crippen molar-refractivity contribution < 1.29 is 27.8 Å². The van der Waals surface area contributed by atoms with Gasteiger partial charge in [-0.15, -0.1) is 0 Å². The first-order valence-corrected chi connectivity index (χ1v) is 8.64. The van der Waals surface area contributed by atoms with Crippen LogP contribution in [-0.4, -0.2) is 51.3 Å². The van der Waals surface area contributed by atoms with E-state index in [-0.39, 0.29) is 12.4 Å². The van der Waals surface area contributed by atoms with Gasteiger partial charge in [-0.1, -0.05) is 19.1 Å². The topological polar surface area (TPSA) is 89.9 Å². The third kappa shape index (κ3) is 2.48. The zero-order valence-corrected chi connectivity index (χ0v) is 13.6. The maximum absolute atomic E-state index is 12.3. The largest absolute Gasteiger partial charge is 0.497 e. The summed E-state index contributed by atoms with van der Waals surface area (Å²) in [5, 5.41) is 8.67. The van der Waals surface area contributed by atoms with E-state index in [9.17, 15) is 18.3 Å². The number of carboxylic acid groups (broad SMARTS) is 1. The summed E-state index contributed by atoms with van der Waals surface area (Å²) in [6, 6.07) is 6.81. The molecule has 1 aliphatic rings. The van der Waals surface area contributed by atoms with Gasteiger partial charge in [0, 0.05) is 18.8 Å². The molecule has 7 heteroatoms. The van der Waals surface area contributed by atoms with Crippen LogP contribution in [0.25, 0.3) is 0 Å². The standard InChI is InChI=1S/C15H20O6S/c1-4-22(18,19)13-12(15(13,9-20-2)14(16)17)10-5-7-11(21-3)8-6-10/h5-8,12-13H,4,9H2,1-3H3,(H,16,17)/t12-,13+,15-/m0/s1. The number of hydrogen-bond acceptors (Lipinski definition) is 5. The molecule has 3 atom stereocenters. The number of methoxy groups -OCH3 is 2. The zero-order valence-electron chi connectivity index (χ0n) is 12.8. The molecule has 22 heavy (non-hydrogen) atoms. The monoisotopic (exact) mass is 328 g/mol. The van der Waals surface area contributed by atoms with Crippen LogP contribution in [0, 0.1) is 5.41 Å². The molecular formula is C15H20O6S. The van der Waals surface area contributed by atoms with Gasteiger partial charge in [0.25, 0.3) is 0 Å². The molecule has 0 heterocycles. The third-order valence-electron chi connectivity index (χ3n) is 4.30. The predicted octanol–water partition coefficient (Wildman–Crippen LogP) is 1.31. The van der Waals surface area contributed by atoms with Gasteiger partial charge < -0.3 is 14.6 Å². The van der Waals surface area contributed by atoms with Crippen LogP contribution in [-0.2, 0) is 19.4 Å². The van der Waals surface area contributed by atoms with Crippen molar-refractivity contribution in [1.82, 2.24) is 0 Å². The average molecular weight is 328 g/mol. The molecule has 0 saturated heterocycles. The fraction of sp³-hybridized carbons (Fsp3) is 0.533. The fourth-order valence-electron chi connectivity index (χ4n) is 3.12. The normalized spacial score (nSPS) is 27.4. The van der Waals surface area contributed by atoms with E-state index in [1.807, 2.05) is 0 Å². The van der Waals surface area contributed by atoms with Gasteiger partial charge in [-0.05, 0) is 17.7 Å². The smallest absolute Gasteiger partial charge is 0.314 e. The Bertz CT molecular complexity index is 651. The van der Waals surface area contributed by atoms with Crippen molar-refractivity contribution in [1.29, 1.82) is 0 Å². The number of ether oxygens (including phenoxy) is 2. The molecule has 0 amide bonds. The van der Waals surface area contributed by atoms with Gasteiger partial charge >= 0.3 is 5.97 Å². The summed E-state index contributed by atoms with van der Waals surface area (Å²) >= 11 is 0. The van der Waals surface area contributed by atoms with Crippen LogP contribution in [0.2, 0.25) is 0 Å². The van der Waals surface area contributed by atoms with Crippen molar-refractivity contribution in [2.75, 3.05) is 26.6 Å². The lowest BCUT2D eigenvalue weighted by Crippen LogP contribution is -2.29. The van der Waals surface area contributed by atoms with E-state index in [2.05, 4.69) is 0 Å². The molecule has 122 valence electrons. The zero-order chi connectivity index (χ0) is 16.5. The molecule has 2 rings (SSSR count). The first kappa shape index (κ1) is 16.8. The van der Waals surface area contributed by atoms with Crippen LogP contribution < -0.4 is 4.74 Å². The van der Waals surface area contributed by atoms with Crippen molar-refractivity contribution in [3.05, 3.63) is 29.8 Å². The number of carbonyl (C=O) groups is 1. The number of carboxylic acids is 1. The minimum Gasteiger partial charge on any atom is -0.497 e. The van der Waals surface area contributed by atoms with Crippen LogP contribution in [0.15, 0.2) is 24.3 Å². The van der Waals surface area contributed by atoms with E-state index >= 15 is 0 Å². The highest BCUT2D eigenvalue weighted by Crippen LogP contribution is 2.63. The first-order chi connectivity index (χ1) is 10.3. The van der Waals surface area contributed by atoms with Crippen LogP contribution >= 0.6 is 0 Å². The maximum Gasteiger partial charge on any atom is 0.314 e. The molecule has 1 aromatic rings. The average Bonchev–Trinajstić information content (AvgIpc) is 3.19. The van der Waals surface area contributed by atoms with Crippen molar-refractivity contribution in [3.63, 3.8) is 0 Å². The maximum atomic E-state index is 12.3. The molecule has 1 aromatic carbocycles. The van der Waals surface area contributed by atoms with E-state index in [1.165, 1.54) is 21.1 Å². The van der Waals surface area contributed by atoms with Crippen molar-refractivity contribution in [3.8, 4) is 5.75 Å². The molecule has 6 nitrogen and oxygen atoms in total. The Morgan fingerprint density at radius 3 is 2.27 bits per heavy atom. The van der Waals surface area contributed by atoms with E-state index < -0.39 is 32.4 Å². The fourth-order valence-corrected chi connectivity index (χ4v) is 5.17. The summed E-state index contributed by atoms with van der Waals surface area (Å²) < 4.78 is 34.7. The van der Waals surface area contributed by atoms with Crippen LogP contribution in [0.5, 0.6) is 5.75 Å². The van der Waals surface area contributed by atoms with Gasteiger partial charge in [-0.25, -0.2) is 8.42 Å². The number of aliphatic carboxylic acids is 1. The molecule has 0 aromatic heterocycles. The Labute approximate surface area is 130 Å². The molecule has 0 unspecified atom stereocenters. The third-order valence-corrected chi connectivity index (χ3v) is 6.57. The van der Waals surface area contributed by atoms with Crippen LogP contribution in [0.4, 0.5) is 0 Å².